The third-order valence-electron chi connectivity index (χ3n) is 2.09. The predicted molar refractivity (Wildman–Crippen MR) is 58.5 cm³/mol. The molecule has 0 aliphatic carbocycles. The van der Waals surface area contributed by atoms with E-state index >= 15 is 0 Å². The Morgan fingerprint density at radius 2 is 2.00 bits per heavy atom. The van der Waals surface area contributed by atoms with Crippen molar-refractivity contribution in [2.75, 3.05) is 18.0 Å². The van der Waals surface area contributed by atoms with E-state index in [-0.39, 0.29) is 18.9 Å². The minimum Gasteiger partial charge on any atom is -0.346 e. The van der Waals surface area contributed by atoms with Crippen LogP contribution >= 0.6 is 0 Å². The lowest BCUT2D eigenvalue weighted by molar-refractivity contribution is -0.119. The average Bonchev–Trinajstić information content (AvgIpc) is 2.27. The summed E-state index contributed by atoms with van der Waals surface area (Å²) in [6, 6.07) is 0. The smallest absolute Gasteiger partial charge is 0.346 e. The zero-order valence-electron chi connectivity index (χ0n) is 9.54. The fourth-order valence-corrected chi connectivity index (χ4v) is 1.38. The normalized spacial score (nSPS) is 11.6. The van der Waals surface area contributed by atoms with E-state index in [1.165, 1.54) is 12.4 Å². The van der Waals surface area contributed by atoms with Crippen LogP contribution in [0.1, 0.15) is 19.0 Å². The number of aromatic nitrogens is 2. The van der Waals surface area contributed by atoms with Crippen molar-refractivity contribution in [2.24, 2.45) is 5.73 Å². The minimum absolute atomic E-state index is 0.223. The molecule has 17 heavy (non-hydrogen) atoms. The van der Waals surface area contributed by atoms with Gasteiger partial charge in [0.2, 0.25) is 0 Å². The van der Waals surface area contributed by atoms with E-state index in [1.807, 2.05) is 6.92 Å². The van der Waals surface area contributed by atoms with Gasteiger partial charge in [0.1, 0.15) is 12.4 Å². The predicted octanol–water partition coefficient (Wildman–Crippen LogP) is 1.71. The molecule has 0 saturated carbocycles. The van der Waals surface area contributed by atoms with Crippen LogP contribution in [0.4, 0.5) is 19.0 Å². The van der Waals surface area contributed by atoms with Gasteiger partial charge in [-0.2, -0.15) is 13.2 Å². The molecule has 0 aliphatic heterocycles. The second kappa shape index (κ2) is 5.81. The van der Waals surface area contributed by atoms with Gasteiger partial charge in [0.05, 0.1) is 18.1 Å². The van der Waals surface area contributed by atoms with E-state index in [2.05, 4.69) is 9.97 Å². The van der Waals surface area contributed by atoms with Gasteiger partial charge in [-0.05, 0) is 6.42 Å². The Kier molecular flexibility index (Phi) is 4.68. The van der Waals surface area contributed by atoms with Gasteiger partial charge >= 0.3 is 6.18 Å². The quantitative estimate of drug-likeness (QED) is 0.862. The van der Waals surface area contributed by atoms with E-state index in [1.54, 1.807) is 0 Å². The summed E-state index contributed by atoms with van der Waals surface area (Å²) in [5.74, 6) is 0.223. The Bertz CT molecular complexity index is 336. The number of nitrogens with zero attached hydrogens (tertiary/aromatic N) is 3. The van der Waals surface area contributed by atoms with Gasteiger partial charge in [-0.3, -0.25) is 4.98 Å². The van der Waals surface area contributed by atoms with E-state index in [0.29, 0.717) is 12.1 Å². The Morgan fingerprint density at radius 3 is 2.41 bits per heavy atom. The van der Waals surface area contributed by atoms with Crippen LogP contribution in [0.15, 0.2) is 12.4 Å². The molecule has 0 aromatic carbocycles. The van der Waals surface area contributed by atoms with Gasteiger partial charge in [0.25, 0.3) is 0 Å². The van der Waals surface area contributed by atoms with Crippen molar-refractivity contribution in [3.05, 3.63) is 18.1 Å². The molecule has 0 fully saturated rings. The first-order chi connectivity index (χ1) is 7.96. The van der Waals surface area contributed by atoms with Crippen LogP contribution < -0.4 is 10.6 Å². The number of nitrogens with two attached hydrogens (primary N) is 1. The summed E-state index contributed by atoms with van der Waals surface area (Å²) in [6.07, 6.45) is -0.919. The van der Waals surface area contributed by atoms with Crippen molar-refractivity contribution in [1.29, 1.82) is 0 Å². The van der Waals surface area contributed by atoms with Gasteiger partial charge in [0.15, 0.2) is 0 Å². The van der Waals surface area contributed by atoms with Crippen LogP contribution in [0.2, 0.25) is 0 Å². The molecule has 4 nitrogen and oxygen atoms in total. The number of rotatable bonds is 5. The molecule has 0 aliphatic rings. The fourth-order valence-electron chi connectivity index (χ4n) is 1.38. The summed E-state index contributed by atoms with van der Waals surface area (Å²) in [7, 11) is 0. The zero-order valence-corrected chi connectivity index (χ0v) is 9.54. The average molecular weight is 248 g/mol. The first-order valence-electron chi connectivity index (χ1n) is 5.29. The van der Waals surface area contributed by atoms with Crippen molar-refractivity contribution >= 4 is 5.82 Å². The maximum atomic E-state index is 12.4. The minimum atomic E-state index is -4.25. The molecule has 0 amide bonds. The summed E-state index contributed by atoms with van der Waals surface area (Å²) < 4.78 is 37.1. The van der Waals surface area contributed by atoms with E-state index < -0.39 is 12.7 Å². The largest absolute Gasteiger partial charge is 0.405 e. The Balaban J connectivity index is 2.81. The molecule has 0 saturated heterocycles. The summed E-state index contributed by atoms with van der Waals surface area (Å²) >= 11 is 0. The highest BCUT2D eigenvalue weighted by Gasteiger charge is 2.31. The van der Waals surface area contributed by atoms with Crippen molar-refractivity contribution < 1.29 is 13.2 Å². The Labute approximate surface area is 97.7 Å². The van der Waals surface area contributed by atoms with Crippen LogP contribution in [0.25, 0.3) is 0 Å². The number of hydrogen-bond acceptors (Lipinski definition) is 4. The lowest BCUT2D eigenvalue weighted by atomic mass is 10.4. The summed E-state index contributed by atoms with van der Waals surface area (Å²) in [5.41, 5.74) is 5.89. The molecule has 1 aromatic heterocycles. The van der Waals surface area contributed by atoms with Crippen LogP contribution in [-0.4, -0.2) is 29.2 Å². The molecule has 0 unspecified atom stereocenters. The third-order valence-corrected chi connectivity index (χ3v) is 2.09. The van der Waals surface area contributed by atoms with Crippen molar-refractivity contribution in [1.82, 2.24) is 9.97 Å². The van der Waals surface area contributed by atoms with Gasteiger partial charge in [-0.25, -0.2) is 4.98 Å². The maximum absolute atomic E-state index is 12.4. The van der Waals surface area contributed by atoms with Crippen molar-refractivity contribution in [2.45, 2.75) is 26.1 Å². The van der Waals surface area contributed by atoms with Gasteiger partial charge in [-0.1, -0.05) is 6.92 Å². The van der Waals surface area contributed by atoms with Crippen LogP contribution in [0.3, 0.4) is 0 Å². The van der Waals surface area contributed by atoms with Gasteiger partial charge in [0, 0.05) is 13.1 Å². The molecular formula is C10H15F3N4. The number of anilines is 1. The number of alkyl halides is 3. The summed E-state index contributed by atoms with van der Waals surface area (Å²) in [5, 5.41) is 0. The SMILES string of the molecule is CCCN(CC(F)(F)F)c1cnc(CN)cn1. The molecule has 0 atom stereocenters. The highest BCUT2D eigenvalue weighted by atomic mass is 19.4. The first kappa shape index (κ1) is 13.7. The first-order valence-corrected chi connectivity index (χ1v) is 5.29. The Hall–Kier alpha value is -1.37. The molecule has 0 radical (unpaired) electrons. The zero-order chi connectivity index (χ0) is 12.9. The van der Waals surface area contributed by atoms with Crippen LogP contribution in [0.5, 0.6) is 0 Å². The fraction of sp³-hybridized carbons (Fsp3) is 0.600. The third kappa shape index (κ3) is 4.56. The second-order valence-corrected chi connectivity index (χ2v) is 3.61. The van der Waals surface area contributed by atoms with E-state index in [0.717, 1.165) is 4.90 Å². The van der Waals surface area contributed by atoms with Crippen LogP contribution in [-0.2, 0) is 6.54 Å². The highest BCUT2D eigenvalue weighted by molar-refractivity contribution is 5.35. The highest BCUT2D eigenvalue weighted by Crippen LogP contribution is 2.20. The lowest BCUT2D eigenvalue weighted by Gasteiger charge is -2.24. The molecule has 1 aromatic rings. The lowest BCUT2D eigenvalue weighted by Crippen LogP contribution is -2.35. The second-order valence-electron chi connectivity index (χ2n) is 3.61. The van der Waals surface area contributed by atoms with Gasteiger partial charge in [-0.15, -0.1) is 0 Å². The molecule has 96 valence electrons. The molecule has 2 N–H and O–H groups in total. The van der Waals surface area contributed by atoms with Crippen molar-refractivity contribution in [3.63, 3.8) is 0 Å². The summed E-state index contributed by atoms with van der Waals surface area (Å²) in [6.45, 7) is 1.30. The molecular weight excluding hydrogens is 233 g/mol. The molecule has 7 heteroatoms. The van der Waals surface area contributed by atoms with Gasteiger partial charge < -0.3 is 10.6 Å². The standard InChI is InChI=1S/C10H15F3N4/c1-2-3-17(7-10(11,12)13)9-6-15-8(4-14)5-16-9/h5-6H,2-4,7,14H2,1H3. The number of halogens is 3. The monoisotopic (exact) mass is 248 g/mol. The Morgan fingerprint density at radius 1 is 1.29 bits per heavy atom. The molecule has 1 rings (SSSR count). The topological polar surface area (TPSA) is 55.0 Å². The summed E-state index contributed by atoms with van der Waals surface area (Å²) in [4.78, 5) is 9.03. The maximum Gasteiger partial charge on any atom is 0.405 e. The number of hydrogen-bond donors (Lipinski definition) is 1. The van der Waals surface area contributed by atoms with E-state index in [4.69, 9.17) is 5.73 Å². The van der Waals surface area contributed by atoms with E-state index in [9.17, 15) is 13.2 Å². The molecule has 1 heterocycles. The molecule has 0 bridgehead atoms. The van der Waals surface area contributed by atoms with Crippen molar-refractivity contribution in [3.8, 4) is 0 Å². The molecule has 0 spiro atoms. The van der Waals surface area contributed by atoms with Crippen LogP contribution in [0, 0.1) is 0 Å².